The van der Waals surface area contributed by atoms with Crippen LogP contribution in [0.25, 0.3) is 23.1 Å². The lowest BCUT2D eigenvalue weighted by atomic mass is 10.0. The Balaban J connectivity index is 1.59. The van der Waals surface area contributed by atoms with Crippen LogP contribution in [-0.4, -0.2) is 39.3 Å². The van der Waals surface area contributed by atoms with Gasteiger partial charge in [-0.05, 0) is 43.9 Å². The summed E-state index contributed by atoms with van der Waals surface area (Å²) in [6, 6.07) is 8.76. The minimum absolute atomic E-state index is 0.396. The van der Waals surface area contributed by atoms with E-state index >= 15 is 0 Å². The summed E-state index contributed by atoms with van der Waals surface area (Å²) >= 11 is 0. The first-order chi connectivity index (χ1) is 14.1. The molecule has 3 unspecified atom stereocenters. The fourth-order valence-corrected chi connectivity index (χ4v) is 4.79. The summed E-state index contributed by atoms with van der Waals surface area (Å²) in [5.41, 5.74) is 3.01. The van der Waals surface area contributed by atoms with Crippen molar-refractivity contribution < 1.29 is 9.63 Å². The first-order valence-electron chi connectivity index (χ1n) is 10.9. The number of fused-ring (bicyclic) bond motifs is 4. The predicted octanol–water partition coefficient (Wildman–Crippen LogP) is 2.91. The van der Waals surface area contributed by atoms with E-state index in [1.165, 1.54) is 54.1 Å². The van der Waals surface area contributed by atoms with Gasteiger partial charge in [0.15, 0.2) is 0 Å². The Morgan fingerprint density at radius 1 is 1.24 bits per heavy atom. The molecule has 0 bridgehead atoms. The van der Waals surface area contributed by atoms with Crippen LogP contribution in [0.1, 0.15) is 58.4 Å². The van der Waals surface area contributed by atoms with Gasteiger partial charge in [-0.1, -0.05) is 43.1 Å². The average molecular weight is 392 g/mol. The first-order valence-corrected chi connectivity index (χ1v) is 10.9. The second-order valence-corrected chi connectivity index (χ2v) is 8.64. The molecule has 2 heterocycles. The summed E-state index contributed by atoms with van der Waals surface area (Å²) in [6.07, 6.45) is 11.1. The molecule has 3 atom stereocenters. The highest BCUT2D eigenvalue weighted by Crippen LogP contribution is 2.53. The van der Waals surface area contributed by atoms with Crippen LogP contribution in [0.5, 0.6) is 0 Å². The standard InChI is InChI=1S/C24H29N3O2/c1-4-5-6-11-26-21-9-7-17(15(2)25-29-16(3)28)12-19(21)20-13-18(8-10-22(20)26)27-23-14-24(23)27/h7,9-10,12-13,18,23-24H,4-6,8,11,14H2,1-3H3/b25-15+. The Bertz CT molecular complexity index is 1120. The Kier molecular flexibility index (Phi) is 4.58. The minimum atomic E-state index is -0.396. The van der Waals surface area contributed by atoms with Crippen molar-refractivity contribution in [1.82, 2.24) is 9.47 Å². The van der Waals surface area contributed by atoms with E-state index in [1.54, 1.807) is 0 Å². The number of aromatic nitrogens is 1. The van der Waals surface area contributed by atoms with Crippen molar-refractivity contribution in [3.63, 3.8) is 0 Å². The molecule has 1 saturated carbocycles. The van der Waals surface area contributed by atoms with E-state index < -0.39 is 5.97 Å². The van der Waals surface area contributed by atoms with E-state index in [4.69, 9.17) is 4.84 Å². The zero-order chi connectivity index (χ0) is 20.1. The van der Waals surface area contributed by atoms with E-state index in [0.717, 1.165) is 36.3 Å². The van der Waals surface area contributed by atoms with Crippen molar-refractivity contribution in [2.75, 3.05) is 0 Å². The zero-order valence-electron chi connectivity index (χ0n) is 17.5. The third-order valence-corrected chi connectivity index (χ3v) is 6.55. The number of nitrogens with zero attached hydrogens (tertiary/aromatic N) is 3. The molecule has 1 aromatic heterocycles. The normalized spacial score (nSPS) is 26.9. The summed E-state index contributed by atoms with van der Waals surface area (Å²) in [5.74, 6) is -0.396. The minimum Gasteiger partial charge on any atom is -0.341 e. The molecule has 29 heavy (non-hydrogen) atoms. The van der Waals surface area contributed by atoms with Crippen LogP contribution >= 0.6 is 0 Å². The van der Waals surface area contributed by atoms with Gasteiger partial charge in [-0.3, -0.25) is 4.90 Å². The van der Waals surface area contributed by atoms with Crippen LogP contribution < -0.4 is 10.6 Å². The smallest absolute Gasteiger partial charge is 0.331 e. The average Bonchev–Trinajstić information content (AvgIpc) is 3.61. The molecule has 1 aliphatic heterocycles. The number of carbonyl (C=O) groups is 1. The van der Waals surface area contributed by atoms with E-state index in [2.05, 4.69) is 51.9 Å². The summed E-state index contributed by atoms with van der Waals surface area (Å²) < 4.78 is 2.50. The Morgan fingerprint density at radius 3 is 2.76 bits per heavy atom. The number of benzene rings is 1. The van der Waals surface area contributed by atoms with Crippen LogP contribution in [0.4, 0.5) is 0 Å². The molecule has 3 aliphatic rings. The molecule has 5 nitrogen and oxygen atoms in total. The summed E-state index contributed by atoms with van der Waals surface area (Å²) in [6.45, 7) is 6.57. The molecule has 0 spiro atoms. The SMILES string of the molecule is CCCCCn1c2c(c3cc(/C(C)=N/OC(C)=O)ccc31)=CC(N1C3CC31)CC=2. The number of hydrogen-bond acceptors (Lipinski definition) is 4. The molecule has 0 amide bonds. The lowest BCUT2D eigenvalue weighted by molar-refractivity contribution is -0.140. The van der Waals surface area contributed by atoms with Crippen molar-refractivity contribution >= 4 is 34.7 Å². The fourth-order valence-electron chi connectivity index (χ4n) is 4.79. The number of oxime groups is 1. The second-order valence-electron chi connectivity index (χ2n) is 8.64. The highest BCUT2D eigenvalue weighted by atomic mass is 16.7. The van der Waals surface area contributed by atoms with Crippen molar-refractivity contribution in [2.24, 2.45) is 5.16 Å². The van der Waals surface area contributed by atoms with Gasteiger partial charge in [0.2, 0.25) is 0 Å². The summed E-state index contributed by atoms with van der Waals surface area (Å²) in [5, 5.41) is 8.00. The van der Waals surface area contributed by atoms with Gasteiger partial charge in [-0.15, -0.1) is 0 Å². The predicted molar refractivity (Wildman–Crippen MR) is 116 cm³/mol. The molecule has 5 rings (SSSR count). The maximum Gasteiger partial charge on any atom is 0.331 e. The molecule has 1 aromatic carbocycles. The molecule has 5 heteroatoms. The van der Waals surface area contributed by atoms with E-state index in [1.807, 2.05) is 6.92 Å². The van der Waals surface area contributed by atoms with Gasteiger partial charge in [-0.2, -0.15) is 0 Å². The van der Waals surface area contributed by atoms with Crippen LogP contribution in [-0.2, 0) is 16.2 Å². The fraction of sp³-hybridized carbons (Fsp3) is 0.500. The largest absolute Gasteiger partial charge is 0.341 e. The molecule has 152 valence electrons. The Labute approximate surface area is 171 Å². The maximum absolute atomic E-state index is 11.1. The Hall–Kier alpha value is -2.40. The van der Waals surface area contributed by atoms with Gasteiger partial charge >= 0.3 is 5.97 Å². The quantitative estimate of drug-likeness (QED) is 0.240. The topological polar surface area (TPSA) is 46.6 Å². The lowest BCUT2D eigenvalue weighted by Gasteiger charge is -2.19. The summed E-state index contributed by atoms with van der Waals surface area (Å²) in [4.78, 5) is 18.6. The summed E-state index contributed by atoms with van der Waals surface area (Å²) in [7, 11) is 0. The van der Waals surface area contributed by atoms with Gasteiger partial charge < -0.3 is 9.40 Å². The molecule has 1 saturated heterocycles. The highest BCUT2D eigenvalue weighted by Gasteiger charge is 2.64. The number of carbonyl (C=O) groups excluding carboxylic acids is 1. The van der Waals surface area contributed by atoms with Gasteiger partial charge in [-0.25, -0.2) is 4.79 Å². The molecule has 2 aromatic rings. The molecule has 0 radical (unpaired) electrons. The molecular formula is C24H29N3O2. The third-order valence-electron chi connectivity index (χ3n) is 6.55. The lowest BCUT2D eigenvalue weighted by Crippen LogP contribution is -2.37. The van der Waals surface area contributed by atoms with Crippen molar-refractivity contribution in [3.8, 4) is 0 Å². The van der Waals surface area contributed by atoms with Crippen molar-refractivity contribution in [1.29, 1.82) is 0 Å². The van der Waals surface area contributed by atoms with Gasteiger partial charge in [0, 0.05) is 53.1 Å². The third kappa shape index (κ3) is 3.31. The highest BCUT2D eigenvalue weighted by molar-refractivity contribution is 6.02. The van der Waals surface area contributed by atoms with Crippen molar-refractivity contribution in [2.45, 2.75) is 77.5 Å². The molecule has 2 aliphatic carbocycles. The second kappa shape index (κ2) is 7.13. The van der Waals surface area contributed by atoms with E-state index in [9.17, 15) is 4.79 Å². The number of unbranched alkanes of at least 4 members (excludes halogenated alkanes) is 2. The number of hydrogen-bond donors (Lipinski definition) is 0. The monoisotopic (exact) mass is 391 g/mol. The van der Waals surface area contributed by atoms with Gasteiger partial charge in [0.05, 0.1) is 5.71 Å². The molecular weight excluding hydrogens is 362 g/mol. The van der Waals surface area contributed by atoms with Crippen molar-refractivity contribution in [3.05, 3.63) is 34.3 Å². The van der Waals surface area contributed by atoms with Crippen LogP contribution in [0, 0.1) is 0 Å². The number of aryl methyl sites for hydroxylation is 1. The Morgan fingerprint density at radius 2 is 2.07 bits per heavy atom. The number of likely N-dealkylation sites (tertiary alicyclic amines) is 1. The molecule has 0 N–H and O–H groups in total. The molecule has 2 fully saturated rings. The van der Waals surface area contributed by atoms with E-state index in [0.29, 0.717) is 6.04 Å². The van der Waals surface area contributed by atoms with Gasteiger partial charge in [0.1, 0.15) is 0 Å². The van der Waals surface area contributed by atoms with Crippen LogP contribution in [0.2, 0.25) is 0 Å². The first kappa shape index (κ1) is 18.6. The van der Waals surface area contributed by atoms with Crippen LogP contribution in [0.15, 0.2) is 23.4 Å². The van der Waals surface area contributed by atoms with E-state index in [-0.39, 0.29) is 0 Å². The van der Waals surface area contributed by atoms with Gasteiger partial charge in [0.25, 0.3) is 0 Å². The van der Waals surface area contributed by atoms with Crippen LogP contribution in [0.3, 0.4) is 0 Å². The number of rotatable bonds is 7. The maximum atomic E-state index is 11.1. The zero-order valence-corrected chi connectivity index (χ0v) is 17.5.